The van der Waals surface area contributed by atoms with E-state index in [1.54, 1.807) is 0 Å². The van der Waals surface area contributed by atoms with Crippen LogP contribution in [0.1, 0.15) is 67.6 Å². The SMILES string of the molecule is CCCC(CCN)c1ccc(C2CCC(=O)NC2=O)cc1C. The first-order chi connectivity index (χ1) is 10.6. The van der Waals surface area contributed by atoms with Gasteiger partial charge in [-0.2, -0.15) is 0 Å². The summed E-state index contributed by atoms with van der Waals surface area (Å²) in [5.74, 6) is -0.0496. The molecule has 2 rings (SSSR count). The zero-order chi connectivity index (χ0) is 16.1. The number of nitrogens with one attached hydrogen (secondary N) is 1. The van der Waals surface area contributed by atoms with Crippen LogP contribution in [-0.4, -0.2) is 18.4 Å². The molecule has 1 saturated heterocycles. The number of nitrogens with two attached hydrogens (primary N) is 1. The molecule has 4 heteroatoms. The maximum Gasteiger partial charge on any atom is 0.234 e. The number of carbonyl (C=O) groups is 2. The fraction of sp³-hybridized carbons (Fsp3) is 0.556. The van der Waals surface area contributed by atoms with Crippen molar-refractivity contribution in [3.05, 3.63) is 34.9 Å². The maximum atomic E-state index is 12.0. The molecule has 0 bridgehead atoms. The number of hydrogen-bond acceptors (Lipinski definition) is 3. The molecule has 0 aliphatic carbocycles. The molecular formula is C18H26N2O2. The lowest BCUT2D eigenvalue weighted by Crippen LogP contribution is -2.39. The predicted octanol–water partition coefficient (Wildman–Crippen LogP) is 2.75. The van der Waals surface area contributed by atoms with Gasteiger partial charge in [-0.25, -0.2) is 0 Å². The standard InChI is InChI=1S/C18H26N2O2/c1-3-4-13(9-10-19)15-6-5-14(11-12(15)2)16-7-8-17(21)20-18(16)22/h5-6,11,13,16H,3-4,7-10,19H2,1-2H3,(H,20,21,22). The fourth-order valence-electron chi connectivity index (χ4n) is 3.39. The van der Waals surface area contributed by atoms with Crippen molar-refractivity contribution in [3.8, 4) is 0 Å². The Hall–Kier alpha value is -1.68. The quantitative estimate of drug-likeness (QED) is 0.794. The van der Waals surface area contributed by atoms with Crippen molar-refractivity contribution in [1.29, 1.82) is 0 Å². The van der Waals surface area contributed by atoms with E-state index in [1.807, 2.05) is 6.07 Å². The van der Waals surface area contributed by atoms with E-state index in [0.29, 0.717) is 25.3 Å². The fourth-order valence-corrected chi connectivity index (χ4v) is 3.39. The van der Waals surface area contributed by atoms with Crippen molar-refractivity contribution in [2.75, 3.05) is 6.54 Å². The number of benzene rings is 1. The maximum absolute atomic E-state index is 12.0. The number of piperidine rings is 1. The highest BCUT2D eigenvalue weighted by Crippen LogP contribution is 2.31. The molecule has 0 saturated carbocycles. The predicted molar refractivity (Wildman–Crippen MR) is 87.6 cm³/mol. The minimum Gasteiger partial charge on any atom is -0.330 e. The van der Waals surface area contributed by atoms with Gasteiger partial charge in [0, 0.05) is 6.42 Å². The first kappa shape index (κ1) is 16.7. The van der Waals surface area contributed by atoms with Gasteiger partial charge in [0.05, 0.1) is 5.92 Å². The van der Waals surface area contributed by atoms with Crippen LogP contribution in [0.25, 0.3) is 0 Å². The number of imide groups is 1. The minimum absolute atomic E-state index is 0.166. The van der Waals surface area contributed by atoms with Gasteiger partial charge in [-0.05, 0) is 55.3 Å². The molecule has 1 aromatic rings. The topological polar surface area (TPSA) is 72.2 Å². The van der Waals surface area contributed by atoms with E-state index in [2.05, 4.69) is 31.3 Å². The summed E-state index contributed by atoms with van der Waals surface area (Å²) < 4.78 is 0. The number of aryl methyl sites for hydroxylation is 1. The molecule has 0 spiro atoms. The average molecular weight is 302 g/mol. The highest BCUT2D eigenvalue weighted by Gasteiger charge is 2.28. The molecule has 1 aliphatic heterocycles. The van der Waals surface area contributed by atoms with Gasteiger partial charge in [0.25, 0.3) is 0 Å². The van der Waals surface area contributed by atoms with Crippen molar-refractivity contribution in [2.24, 2.45) is 5.73 Å². The Balaban J connectivity index is 2.21. The molecule has 4 nitrogen and oxygen atoms in total. The molecule has 3 N–H and O–H groups in total. The van der Waals surface area contributed by atoms with Gasteiger partial charge < -0.3 is 5.73 Å². The Kier molecular flexibility index (Phi) is 5.72. The van der Waals surface area contributed by atoms with E-state index >= 15 is 0 Å². The summed E-state index contributed by atoms with van der Waals surface area (Å²) in [5.41, 5.74) is 9.30. The van der Waals surface area contributed by atoms with Gasteiger partial charge in [0.2, 0.25) is 11.8 Å². The van der Waals surface area contributed by atoms with Gasteiger partial charge in [-0.3, -0.25) is 14.9 Å². The van der Waals surface area contributed by atoms with E-state index in [1.165, 1.54) is 11.1 Å². The van der Waals surface area contributed by atoms with Crippen LogP contribution >= 0.6 is 0 Å². The molecular weight excluding hydrogens is 276 g/mol. The van der Waals surface area contributed by atoms with Crippen LogP contribution in [0.5, 0.6) is 0 Å². The molecule has 1 fully saturated rings. The van der Waals surface area contributed by atoms with E-state index < -0.39 is 0 Å². The van der Waals surface area contributed by atoms with Crippen molar-refractivity contribution in [1.82, 2.24) is 5.32 Å². The first-order valence-corrected chi connectivity index (χ1v) is 8.21. The molecule has 2 atom stereocenters. The van der Waals surface area contributed by atoms with Crippen molar-refractivity contribution < 1.29 is 9.59 Å². The van der Waals surface area contributed by atoms with Gasteiger partial charge in [0.1, 0.15) is 0 Å². The Morgan fingerprint density at radius 3 is 2.68 bits per heavy atom. The minimum atomic E-state index is -0.204. The highest BCUT2D eigenvalue weighted by atomic mass is 16.2. The zero-order valence-electron chi connectivity index (χ0n) is 13.5. The normalized spacial score (nSPS) is 19.9. The molecule has 0 aromatic heterocycles. The third-order valence-electron chi connectivity index (χ3n) is 4.53. The molecule has 120 valence electrons. The second-order valence-electron chi connectivity index (χ2n) is 6.18. The molecule has 1 heterocycles. The molecule has 2 unspecified atom stereocenters. The summed E-state index contributed by atoms with van der Waals surface area (Å²) in [4.78, 5) is 23.3. The van der Waals surface area contributed by atoms with E-state index in [4.69, 9.17) is 5.73 Å². The highest BCUT2D eigenvalue weighted by molar-refractivity contribution is 6.00. The van der Waals surface area contributed by atoms with Crippen LogP contribution in [0.3, 0.4) is 0 Å². The van der Waals surface area contributed by atoms with Crippen molar-refractivity contribution in [2.45, 2.75) is 57.8 Å². The number of rotatable bonds is 6. The van der Waals surface area contributed by atoms with E-state index in [0.717, 1.165) is 24.8 Å². The summed E-state index contributed by atoms with van der Waals surface area (Å²) in [7, 11) is 0. The first-order valence-electron chi connectivity index (χ1n) is 8.21. The average Bonchev–Trinajstić information content (AvgIpc) is 2.47. The van der Waals surface area contributed by atoms with Crippen LogP contribution in [0.15, 0.2) is 18.2 Å². The van der Waals surface area contributed by atoms with Crippen LogP contribution < -0.4 is 11.1 Å². The summed E-state index contributed by atoms with van der Waals surface area (Å²) in [5, 5.41) is 2.43. The van der Waals surface area contributed by atoms with Crippen LogP contribution in [-0.2, 0) is 9.59 Å². The third kappa shape index (κ3) is 3.74. The van der Waals surface area contributed by atoms with Gasteiger partial charge >= 0.3 is 0 Å². The summed E-state index contributed by atoms with van der Waals surface area (Å²) in [6.07, 6.45) is 4.29. The largest absolute Gasteiger partial charge is 0.330 e. The van der Waals surface area contributed by atoms with Gasteiger partial charge in [-0.1, -0.05) is 31.5 Å². The molecule has 2 amide bonds. The smallest absolute Gasteiger partial charge is 0.234 e. The second kappa shape index (κ2) is 7.54. The molecule has 22 heavy (non-hydrogen) atoms. The lowest BCUT2D eigenvalue weighted by molar-refractivity contribution is -0.134. The molecule has 1 aromatic carbocycles. The summed E-state index contributed by atoms with van der Waals surface area (Å²) in [6.45, 7) is 4.99. The number of carbonyl (C=O) groups excluding carboxylic acids is 2. The summed E-state index contributed by atoms with van der Waals surface area (Å²) in [6, 6.07) is 6.29. The Morgan fingerprint density at radius 1 is 1.32 bits per heavy atom. The molecule has 1 aliphatic rings. The second-order valence-corrected chi connectivity index (χ2v) is 6.18. The van der Waals surface area contributed by atoms with Gasteiger partial charge in [-0.15, -0.1) is 0 Å². The Bertz CT molecular complexity index is 548. The van der Waals surface area contributed by atoms with Gasteiger partial charge in [0.15, 0.2) is 0 Å². The monoisotopic (exact) mass is 302 g/mol. The van der Waals surface area contributed by atoms with Crippen LogP contribution in [0.2, 0.25) is 0 Å². The van der Waals surface area contributed by atoms with E-state index in [-0.39, 0.29) is 17.7 Å². The van der Waals surface area contributed by atoms with Crippen molar-refractivity contribution >= 4 is 11.8 Å². The van der Waals surface area contributed by atoms with E-state index in [9.17, 15) is 9.59 Å². The number of hydrogen-bond donors (Lipinski definition) is 2. The van der Waals surface area contributed by atoms with Crippen LogP contribution in [0.4, 0.5) is 0 Å². The lowest BCUT2D eigenvalue weighted by atomic mass is 9.84. The molecule has 0 radical (unpaired) electrons. The Morgan fingerprint density at radius 2 is 2.09 bits per heavy atom. The van der Waals surface area contributed by atoms with Crippen LogP contribution in [0, 0.1) is 6.92 Å². The number of amides is 2. The third-order valence-corrected chi connectivity index (χ3v) is 4.53. The summed E-state index contributed by atoms with van der Waals surface area (Å²) >= 11 is 0. The van der Waals surface area contributed by atoms with Crippen molar-refractivity contribution in [3.63, 3.8) is 0 Å². The Labute approximate surface area is 132 Å². The zero-order valence-corrected chi connectivity index (χ0v) is 13.5. The lowest BCUT2D eigenvalue weighted by Gasteiger charge is -2.23.